The van der Waals surface area contributed by atoms with Crippen LogP contribution < -0.4 is 4.72 Å². The molecule has 0 radical (unpaired) electrons. The molecular formula is C16H15F6N3O3S. The molecule has 1 aliphatic carbocycles. The van der Waals surface area contributed by atoms with Crippen molar-refractivity contribution < 1.29 is 39.9 Å². The van der Waals surface area contributed by atoms with Gasteiger partial charge in [0.25, 0.3) is 0 Å². The number of nitrogens with zero attached hydrogens (tertiary/aromatic N) is 2. The molecule has 1 aromatic carbocycles. The lowest BCUT2D eigenvalue weighted by Gasteiger charge is -2.14. The first-order chi connectivity index (χ1) is 13.3. The van der Waals surface area contributed by atoms with Crippen LogP contribution in [-0.2, 0) is 42.2 Å². The molecule has 1 heterocycles. The molecular weight excluding hydrogens is 428 g/mol. The van der Waals surface area contributed by atoms with Gasteiger partial charge in [-0.3, -0.25) is 4.68 Å². The highest BCUT2D eigenvalue weighted by atomic mass is 32.2. The Labute approximate surface area is 161 Å². The van der Waals surface area contributed by atoms with Crippen LogP contribution in [0, 0.1) is 0 Å². The minimum absolute atomic E-state index is 0.0211. The van der Waals surface area contributed by atoms with Gasteiger partial charge in [-0.05, 0) is 29.5 Å². The average molecular weight is 443 g/mol. The molecule has 3 rings (SSSR count). The van der Waals surface area contributed by atoms with Gasteiger partial charge in [-0.25, -0.2) is 13.1 Å². The maximum absolute atomic E-state index is 12.9. The minimum Gasteiger partial charge on any atom is -0.392 e. The van der Waals surface area contributed by atoms with Gasteiger partial charge in [-0.2, -0.15) is 31.4 Å². The van der Waals surface area contributed by atoms with Gasteiger partial charge in [0.15, 0.2) is 5.69 Å². The molecule has 160 valence electrons. The van der Waals surface area contributed by atoms with Crippen molar-refractivity contribution in [1.82, 2.24) is 14.5 Å². The summed E-state index contributed by atoms with van der Waals surface area (Å²) in [4.78, 5) is 0. The second kappa shape index (κ2) is 7.29. The summed E-state index contributed by atoms with van der Waals surface area (Å²) in [7, 11) is -5.47. The van der Waals surface area contributed by atoms with Crippen molar-refractivity contribution in [3.8, 4) is 0 Å². The molecule has 13 heteroatoms. The lowest BCUT2D eigenvalue weighted by molar-refractivity contribution is -0.142. The molecule has 29 heavy (non-hydrogen) atoms. The van der Waals surface area contributed by atoms with E-state index in [1.807, 2.05) is 0 Å². The quantitative estimate of drug-likeness (QED) is 0.695. The van der Waals surface area contributed by atoms with Gasteiger partial charge in [0.2, 0.25) is 0 Å². The summed E-state index contributed by atoms with van der Waals surface area (Å²) in [6.07, 6.45) is -3.56. The van der Waals surface area contributed by atoms with Gasteiger partial charge >= 0.3 is 21.7 Å². The molecule has 6 nitrogen and oxygen atoms in total. The van der Waals surface area contributed by atoms with Crippen LogP contribution >= 0.6 is 0 Å². The largest absolute Gasteiger partial charge is 0.511 e. The first-order valence-corrected chi connectivity index (χ1v) is 9.72. The van der Waals surface area contributed by atoms with E-state index < -0.39 is 40.1 Å². The number of nitrogens with one attached hydrogen (secondary N) is 1. The second-order valence-corrected chi connectivity index (χ2v) is 8.34. The standard InChI is InChI=1S/C16H15F6N3O3S/c17-15(18,19)14-12(8-26)7-25(23-14)6-9-1-2-10-4-13(5-11(10)3-9)24-29(27,28)16(20,21)22/h1-3,7,13,24,26H,4-6,8H2/t13-/m0/s1. The van der Waals surface area contributed by atoms with Crippen LogP contribution in [0.1, 0.15) is 27.9 Å². The predicted molar refractivity (Wildman–Crippen MR) is 88.0 cm³/mol. The Bertz CT molecular complexity index is 1010. The van der Waals surface area contributed by atoms with Crippen LogP contribution in [-0.4, -0.2) is 34.9 Å². The second-order valence-electron chi connectivity index (χ2n) is 6.63. The molecule has 1 aromatic heterocycles. The summed E-state index contributed by atoms with van der Waals surface area (Å²) in [5.41, 5.74) is -5.20. The van der Waals surface area contributed by atoms with E-state index in [1.165, 1.54) is 0 Å². The number of fused-ring (bicyclic) bond motifs is 1. The van der Waals surface area contributed by atoms with Crippen molar-refractivity contribution in [2.75, 3.05) is 0 Å². The average Bonchev–Trinajstić information content (AvgIpc) is 3.15. The number of hydrogen-bond acceptors (Lipinski definition) is 4. The summed E-state index contributed by atoms with van der Waals surface area (Å²) >= 11 is 0. The molecule has 1 atom stereocenters. The number of halogens is 6. The number of sulfonamides is 1. The van der Waals surface area contributed by atoms with Gasteiger partial charge in [0.1, 0.15) is 0 Å². The number of rotatable bonds is 5. The molecule has 0 saturated carbocycles. The third kappa shape index (κ3) is 4.56. The van der Waals surface area contributed by atoms with Crippen molar-refractivity contribution in [2.24, 2.45) is 0 Å². The third-order valence-electron chi connectivity index (χ3n) is 4.45. The summed E-state index contributed by atoms with van der Waals surface area (Å²) in [6.45, 7) is -0.893. The van der Waals surface area contributed by atoms with E-state index >= 15 is 0 Å². The molecule has 0 spiro atoms. The molecule has 0 aliphatic heterocycles. The number of aliphatic hydroxyl groups is 1. The zero-order chi connectivity index (χ0) is 21.6. The van der Waals surface area contributed by atoms with Crippen molar-refractivity contribution in [3.05, 3.63) is 52.3 Å². The Hall–Kier alpha value is -2.12. The summed E-state index contributed by atoms with van der Waals surface area (Å²) in [6, 6.07) is 3.79. The van der Waals surface area contributed by atoms with E-state index in [1.54, 1.807) is 22.9 Å². The Kier molecular flexibility index (Phi) is 5.43. The third-order valence-corrected chi connectivity index (χ3v) is 5.70. The highest BCUT2D eigenvalue weighted by Gasteiger charge is 2.47. The molecule has 1 aliphatic rings. The molecule has 2 N–H and O–H groups in total. The van der Waals surface area contributed by atoms with E-state index in [0.29, 0.717) is 16.7 Å². The van der Waals surface area contributed by atoms with Gasteiger partial charge < -0.3 is 5.11 Å². The fraction of sp³-hybridized carbons (Fsp3) is 0.438. The zero-order valence-electron chi connectivity index (χ0n) is 14.5. The van der Waals surface area contributed by atoms with Crippen molar-refractivity contribution in [2.45, 2.75) is 43.7 Å². The van der Waals surface area contributed by atoms with Gasteiger partial charge in [-0.1, -0.05) is 18.2 Å². The summed E-state index contributed by atoms with van der Waals surface area (Å²) in [5.74, 6) is 0. The molecule has 0 bridgehead atoms. The number of benzene rings is 1. The fourth-order valence-corrected chi connectivity index (χ4v) is 3.96. The fourth-order valence-electron chi connectivity index (χ4n) is 3.22. The van der Waals surface area contributed by atoms with E-state index in [-0.39, 0.29) is 24.9 Å². The zero-order valence-corrected chi connectivity index (χ0v) is 15.4. The number of aliphatic hydroxyl groups excluding tert-OH is 1. The van der Waals surface area contributed by atoms with Crippen molar-refractivity contribution in [1.29, 1.82) is 0 Å². The maximum atomic E-state index is 12.9. The van der Waals surface area contributed by atoms with Gasteiger partial charge in [0, 0.05) is 17.8 Å². The molecule has 0 fully saturated rings. The predicted octanol–water partition coefficient (Wildman–Crippen LogP) is 2.35. The first-order valence-electron chi connectivity index (χ1n) is 8.24. The number of hydrogen-bond donors (Lipinski definition) is 2. The molecule has 0 unspecified atom stereocenters. The first kappa shape index (κ1) is 21.6. The van der Waals surface area contributed by atoms with E-state index in [0.717, 1.165) is 10.9 Å². The van der Waals surface area contributed by atoms with Crippen LogP contribution in [0.5, 0.6) is 0 Å². The Balaban J connectivity index is 1.75. The van der Waals surface area contributed by atoms with E-state index in [4.69, 9.17) is 5.11 Å². The van der Waals surface area contributed by atoms with Crippen LogP contribution in [0.15, 0.2) is 24.4 Å². The Morgan fingerprint density at radius 3 is 2.34 bits per heavy atom. The normalized spacial score (nSPS) is 17.6. The lowest BCUT2D eigenvalue weighted by Crippen LogP contribution is -2.43. The van der Waals surface area contributed by atoms with Crippen molar-refractivity contribution >= 4 is 10.0 Å². The Morgan fingerprint density at radius 1 is 1.14 bits per heavy atom. The van der Waals surface area contributed by atoms with E-state index in [9.17, 15) is 34.8 Å². The van der Waals surface area contributed by atoms with E-state index in [2.05, 4.69) is 5.10 Å². The van der Waals surface area contributed by atoms with Gasteiger partial charge in [-0.15, -0.1) is 0 Å². The summed E-state index contributed by atoms with van der Waals surface area (Å²) < 4.78 is 101. The Morgan fingerprint density at radius 2 is 1.79 bits per heavy atom. The van der Waals surface area contributed by atoms with Crippen LogP contribution in [0.3, 0.4) is 0 Å². The van der Waals surface area contributed by atoms with Crippen LogP contribution in [0.2, 0.25) is 0 Å². The monoisotopic (exact) mass is 443 g/mol. The molecule has 0 saturated heterocycles. The minimum atomic E-state index is -5.47. The number of aromatic nitrogens is 2. The molecule has 0 amide bonds. The highest BCUT2D eigenvalue weighted by Crippen LogP contribution is 2.31. The smallest absolute Gasteiger partial charge is 0.392 e. The van der Waals surface area contributed by atoms with Crippen LogP contribution in [0.4, 0.5) is 26.3 Å². The molecule has 2 aromatic rings. The summed E-state index contributed by atoms with van der Waals surface area (Å²) in [5, 5.41) is 12.5. The lowest BCUT2D eigenvalue weighted by atomic mass is 10.1. The van der Waals surface area contributed by atoms with Crippen molar-refractivity contribution in [3.63, 3.8) is 0 Å². The SMILES string of the molecule is O=S(=O)(N[C@H]1Cc2ccc(Cn3cc(CO)c(C(F)(F)F)n3)cc2C1)C(F)(F)F. The highest BCUT2D eigenvalue weighted by molar-refractivity contribution is 7.90. The van der Waals surface area contributed by atoms with Gasteiger partial charge in [0.05, 0.1) is 13.2 Å². The van der Waals surface area contributed by atoms with Crippen LogP contribution in [0.25, 0.3) is 0 Å². The topological polar surface area (TPSA) is 84.2 Å². The number of alkyl halides is 6. The maximum Gasteiger partial charge on any atom is 0.511 e.